The molecule has 1 heterocycles. The standard InChI is InChI=1S/C26H26N2O3/c1-18-13-14-22-23(15-18)27(24(29)19-9-8-12-21(16-19)28(30)31)25(2,3)17-26(22,4)20-10-6-5-7-11-20/h5-16H,17H2,1-4H3. The van der Waals surface area contributed by atoms with Gasteiger partial charge < -0.3 is 4.90 Å². The highest BCUT2D eigenvalue weighted by Gasteiger charge is 2.48. The summed E-state index contributed by atoms with van der Waals surface area (Å²) in [6.45, 7) is 8.37. The maximum atomic E-state index is 13.7. The first-order valence-electron chi connectivity index (χ1n) is 10.4. The van der Waals surface area contributed by atoms with Crippen molar-refractivity contribution in [2.75, 3.05) is 4.90 Å². The zero-order chi connectivity index (χ0) is 22.4. The Kier molecular flexibility index (Phi) is 4.92. The molecule has 1 atom stereocenters. The molecule has 3 aromatic carbocycles. The first-order valence-corrected chi connectivity index (χ1v) is 10.4. The van der Waals surface area contributed by atoms with E-state index < -0.39 is 10.5 Å². The van der Waals surface area contributed by atoms with Crippen LogP contribution in [-0.2, 0) is 5.41 Å². The Bertz CT molecular complexity index is 1170. The summed E-state index contributed by atoms with van der Waals surface area (Å²) in [7, 11) is 0. The minimum Gasteiger partial charge on any atom is -0.302 e. The van der Waals surface area contributed by atoms with Crippen molar-refractivity contribution in [1.82, 2.24) is 0 Å². The van der Waals surface area contributed by atoms with E-state index in [-0.39, 0.29) is 17.0 Å². The predicted molar refractivity (Wildman–Crippen MR) is 123 cm³/mol. The van der Waals surface area contributed by atoms with E-state index in [4.69, 9.17) is 0 Å². The number of nitro benzene ring substituents is 1. The van der Waals surface area contributed by atoms with Gasteiger partial charge in [-0.15, -0.1) is 0 Å². The van der Waals surface area contributed by atoms with Crippen molar-refractivity contribution in [2.24, 2.45) is 0 Å². The molecule has 3 aromatic rings. The number of anilines is 1. The van der Waals surface area contributed by atoms with Crippen molar-refractivity contribution in [3.8, 4) is 0 Å². The number of benzene rings is 3. The van der Waals surface area contributed by atoms with Crippen molar-refractivity contribution in [1.29, 1.82) is 0 Å². The number of rotatable bonds is 3. The summed E-state index contributed by atoms with van der Waals surface area (Å²) in [4.78, 5) is 26.3. The van der Waals surface area contributed by atoms with Crippen LogP contribution < -0.4 is 4.90 Å². The third-order valence-corrected chi connectivity index (χ3v) is 6.30. The molecular formula is C26H26N2O3. The van der Waals surface area contributed by atoms with Crippen molar-refractivity contribution < 1.29 is 9.72 Å². The lowest BCUT2D eigenvalue weighted by Gasteiger charge is -2.51. The van der Waals surface area contributed by atoms with E-state index in [9.17, 15) is 14.9 Å². The van der Waals surface area contributed by atoms with E-state index in [1.165, 1.54) is 17.7 Å². The van der Waals surface area contributed by atoms with Crippen LogP contribution in [0.1, 0.15) is 54.2 Å². The fraction of sp³-hybridized carbons (Fsp3) is 0.269. The van der Waals surface area contributed by atoms with Crippen LogP contribution in [0.15, 0.2) is 72.8 Å². The highest BCUT2D eigenvalue weighted by atomic mass is 16.6. The first kappa shape index (κ1) is 20.8. The highest BCUT2D eigenvalue weighted by molar-refractivity contribution is 6.08. The molecular weight excluding hydrogens is 388 g/mol. The van der Waals surface area contributed by atoms with Gasteiger partial charge in [-0.3, -0.25) is 14.9 Å². The fourth-order valence-corrected chi connectivity index (χ4v) is 4.99. The summed E-state index contributed by atoms with van der Waals surface area (Å²) in [6, 6.07) is 22.6. The Morgan fingerprint density at radius 1 is 0.968 bits per heavy atom. The van der Waals surface area contributed by atoms with Crippen LogP contribution in [0.5, 0.6) is 0 Å². The molecule has 0 spiro atoms. The van der Waals surface area contributed by atoms with Crippen LogP contribution in [0, 0.1) is 17.0 Å². The molecule has 4 rings (SSSR count). The smallest absolute Gasteiger partial charge is 0.270 e. The van der Waals surface area contributed by atoms with Gasteiger partial charge in [-0.1, -0.05) is 55.5 Å². The lowest BCUT2D eigenvalue weighted by atomic mass is 9.65. The summed E-state index contributed by atoms with van der Waals surface area (Å²) < 4.78 is 0. The molecule has 31 heavy (non-hydrogen) atoms. The number of carbonyl (C=O) groups excluding carboxylic acids is 1. The SMILES string of the molecule is Cc1ccc2c(c1)N(C(=O)c1cccc([N+](=O)[O-])c1)C(C)(C)CC2(C)c1ccccc1. The van der Waals surface area contributed by atoms with E-state index >= 15 is 0 Å². The molecule has 5 nitrogen and oxygen atoms in total. The number of hydrogen-bond donors (Lipinski definition) is 0. The molecule has 0 N–H and O–H groups in total. The molecule has 0 saturated carbocycles. The molecule has 1 unspecified atom stereocenters. The largest absolute Gasteiger partial charge is 0.302 e. The molecule has 1 aliphatic heterocycles. The van der Waals surface area contributed by atoms with E-state index in [0.29, 0.717) is 5.56 Å². The number of aryl methyl sites for hydroxylation is 1. The second-order valence-electron chi connectivity index (χ2n) is 9.16. The molecule has 0 saturated heterocycles. The van der Waals surface area contributed by atoms with Crippen molar-refractivity contribution in [3.05, 3.63) is 105 Å². The number of fused-ring (bicyclic) bond motifs is 1. The van der Waals surface area contributed by atoms with Gasteiger partial charge in [0.2, 0.25) is 0 Å². The molecule has 0 fully saturated rings. The van der Waals surface area contributed by atoms with Gasteiger partial charge in [0.05, 0.1) is 4.92 Å². The monoisotopic (exact) mass is 414 g/mol. The molecule has 0 aliphatic carbocycles. The van der Waals surface area contributed by atoms with Gasteiger partial charge in [0, 0.05) is 34.3 Å². The maximum Gasteiger partial charge on any atom is 0.270 e. The summed E-state index contributed by atoms with van der Waals surface area (Å²) in [5.74, 6) is -0.226. The molecule has 0 aromatic heterocycles. The van der Waals surface area contributed by atoms with Crippen LogP contribution in [-0.4, -0.2) is 16.4 Å². The zero-order valence-electron chi connectivity index (χ0n) is 18.3. The first-order chi connectivity index (χ1) is 14.6. The Morgan fingerprint density at radius 3 is 2.35 bits per heavy atom. The number of nitrogens with zero attached hydrogens (tertiary/aromatic N) is 2. The minimum absolute atomic E-state index is 0.0840. The van der Waals surface area contributed by atoms with Crippen molar-refractivity contribution in [2.45, 2.75) is 45.1 Å². The van der Waals surface area contributed by atoms with Crippen LogP contribution in [0.3, 0.4) is 0 Å². The van der Waals surface area contributed by atoms with Crippen molar-refractivity contribution in [3.63, 3.8) is 0 Å². The zero-order valence-corrected chi connectivity index (χ0v) is 18.3. The van der Waals surface area contributed by atoms with Gasteiger partial charge in [-0.05, 0) is 56.0 Å². The average Bonchev–Trinajstić information content (AvgIpc) is 2.73. The van der Waals surface area contributed by atoms with E-state index in [0.717, 1.165) is 23.2 Å². The van der Waals surface area contributed by atoms with Gasteiger partial charge >= 0.3 is 0 Å². The Hall–Kier alpha value is -3.47. The minimum atomic E-state index is -0.507. The Labute approximate surface area is 182 Å². The number of hydrogen-bond acceptors (Lipinski definition) is 3. The normalized spacial score (nSPS) is 19.5. The van der Waals surface area contributed by atoms with Gasteiger partial charge in [0.25, 0.3) is 11.6 Å². The Morgan fingerprint density at radius 2 is 1.68 bits per heavy atom. The summed E-state index contributed by atoms with van der Waals surface area (Å²) in [5.41, 5.74) is 3.67. The van der Waals surface area contributed by atoms with Gasteiger partial charge in [0.1, 0.15) is 0 Å². The van der Waals surface area contributed by atoms with E-state index in [1.54, 1.807) is 12.1 Å². The lowest BCUT2D eigenvalue weighted by molar-refractivity contribution is -0.384. The average molecular weight is 415 g/mol. The molecule has 5 heteroatoms. The summed E-state index contributed by atoms with van der Waals surface area (Å²) in [5, 5.41) is 11.2. The number of carbonyl (C=O) groups is 1. The molecule has 158 valence electrons. The predicted octanol–water partition coefficient (Wildman–Crippen LogP) is 6.04. The maximum absolute atomic E-state index is 13.7. The molecule has 1 aliphatic rings. The van der Waals surface area contributed by atoms with Gasteiger partial charge in [0.15, 0.2) is 0 Å². The fourth-order valence-electron chi connectivity index (χ4n) is 4.99. The van der Waals surface area contributed by atoms with Crippen LogP contribution >= 0.6 is 0 Å². The van der Waals surface area contributed by atoms with Gasteiger partial charge in [-0.2, -0.15) is 0 Å². The van der Waals surface area contributed by atoms with E-state index in [2.05, 4.69) is 45.0 Å². The van der Waals surface area contributed by atoms with Crippen LogP contribution in [0.4, 0.5) is 11.4 Å². The highest BCUT2D eigenvalue weighted by Crippen LogP contribution is 2.51. The van der Waals surface area contributed by atoms with Crippen molar-refractivity contribution >= 4 is 17.3 Å². The molecule has 0 bridgehead atoms. The number of amides is 1. The quantitative estimate of drug-likeness (QED) is 0.388. The second-order valence-corrected chi connectivity index (χ2v) is 9.16. The van der Waals surface area contributed by atoms with Crippen LogP contribution in [0.2, 0.25) is 0 Å². The van der Waals surface area contributed by atoms with E-state index in [1.807, 2.05) is 36.1 Å². The number of non-ortho nitro benzene ring substituents is 1. The molecule has 0 radical (unpaired) electrons. The Balaban J connectivity index is 1.90. The third kappa shape index (κ3) is 3.50. The molecule has 1 amide bonds. The topological polar surface area (TPSA) is 63.5 Å². The lowest BCUT2D eigenvalue weighted by Crippen LogP contribution is -2.56. The second kappa shape index (κ2) is 7.34. The third-order valence-electron chi connectivity index (χ3n) is 6.30. The summed E-state index contributed by atoms with van der Waals surface area (Å²) in [6.07, 6.45) is 0.723. The number of nitro groups is 1. The summed E-state index contributed by atoms with van der Waals surface area (Å²) >= 11 is 0. The van der Waals surface area contributed by atoms with Gasteiger partial charge in [-0.25, -0.2) is 0 Å². The van der Waals surface area contributed by atoms with Crippen LogP contribution in [0.25, 0.3) is 0 Å².